The predicted octanol–water partition coefficient (Wildman–Crippen LogP) is 1.36. The van der Waals surface area contributed by atoms with Gasteiger partial charge in [-0.3, -0.25) is 23.5 Å². The van der Waals surface area contributed by atoms with Crippen molar-refractivity contribution in [3.63, 3.8) is 0 Å². The number of fused-ring (bicyclic) bond motifs is 3. The molecule has 2 fully saturated rings. The van der Waals surface area contributed by atoms with E-state index < -0.39 is 16.5 Å². The van der Waals surface area contributed by atoms with Gasteiger partial charge in [0.05, 0.1) is 11.3 Å². The van der Waals surface area contributed by atoms with Crippen LogP contribution in [0.4, 0.5) is 5.69 Å². The van der Waals surface area contributed by atoms with E-state index in [9.17, 15) is 18.6 Å². The SMILES string of the molecule is CC12CCC(=O)N1c1ccccc1C(=O)N2CCCC(=O)N1CCS(=O)CC1. The van der Waals surface area contributed by atoms with E-state index in [1.54, 1.807) is 20.8 Å². The van der Waals surface area contributed by atoms with Crippen LogP contribution in [0.2, 0.25) is 0 Å². The Kier molecular flexibility index (Phi) is 4.99. The molecule has 28 heavy (non-hydrogen) atoms. The third kappa shape index (κ3) is 3.13. The van der Waals surface area contributed by atoms with Crippen LogP contribution in [0.15, 0.2) is 24.3 Å². The zero-order valence-electron chi connectivity index (χ0n) is 16.1. The Hall–Kier alpha value is -2.22. The van der Waals surface area contributed by atoms with Crippen molar-refractivity contribution in [2.45, 2.75) is 38.3 Å². The van der Waals surface area contributed by atoms with Crippen LogP contribution >= 0.6 is 0 Å². The highest BCUT2D eigenvalue weighted by Crippen LogP contribution is 2.44. The van der Waals surface area contributed by atoms with Crippen molar-refractivity contribution >= 4 is 34.2 Å². The summed E-state index contributed by atoms with van der Waals surface area (Å²) < 4.78 is 11.5. The average Bonchev–Trinajstić information content (AvgIpc) is 3.00. The Balaban J connectivity index is 1.47. The standard InChI is InChI=1S/C20H25N3O4S/c1-20-9-8-18(25)23(20)16-6-3-2-5-15(16)19(26)22(20)10-4-7-17(24)21-11-13-28(27)14-12-21/h2-3,5-6H,4,7-14H2,1H3. The zero-order chi connectivity index (χ0) is 19.9. The maximum absolute atomic E-state index is 13.1. The molecule has 0 N–H and O–H groups in total. The summed E-state index contributed by atoms with van der Waals surface area (Å²) >= 11 is 0. The minimum absolute atomic E-state index is 0.0323. The van der Waals surface area contributed by atoms with E-state index >= 15 is 0 Å². The summed E-state index contributed by atoms with van der Waals surface area (Å²) in [5.41, 5.74) is 0.555. The lowest BCUT2D eigenvalue weighted by Crippen LogP contribution is -2.62. The molecule has 3 aliphatic rings. The van der Waals surface area contributed by atoms with Gasteiger partial charge in [0.1, 0.15) is 5.66 Å². The first-order chi connectivity index (χ1) is 13.4. The molecule has 0 aromatic heterocycles. The number of amides is 3. The highest BCUT2D eigenvalue weighted by molar-refractivity contribution is 7.85. The van der Waals surface area contributed by atoms with Gasteiger partial charge in [0.2, 0.25) is 11.8 Å². The van der Waals surface area contributed by atoms with E-state index in [0.29, 0.717) is 68.1 Å². The van der Waals surface area contributed by atoms with Crippen LogP contribution in [-0.4, -0.2) is 68.5 Å². The van der Waals surface area contributed by atoms with Crippen molar-refractivity contribution in [3.8, 4) is 0 Å². The third-order valence-corrected chi connectivity index (χ3v) is 7.32. The number of para-hydroxylation sites is 1. The van der Waals surface area contributed by atoms with Gasteiger partial charge in [0.25, 0.3) is 5.91 Å². The summed E-state index contributed by atoms with van der Waals surface area (Å²) in [6, 6.07) is 7.24. The van der Waals surface area contributed by atoms with E-state index in [0.717, 1.165) is 0 Å². The van der Waals surface area contributed by atoms with Crippen LogP contribution in [0.1, 0.15) is 43.0 Å². The van der Waals surface area contributed by atoms with Crippen molar-refractivity contribution < 1.29 is 18.6 Å². The maximum atomic E-state index is 13.1. The topological polar surface area (TPSA) is 78.0 Å². The van der Waals surface area contributed by atoms with E-state index in [-0.39, 0.29) is 17.7 Å². The van der Waals surface area contributed by atoms with Crippen LogP contribution < -0.4 is 4.90 Å². The molecule has 1 unspecified atom stereocenters. The molecule has 1 atom stereocenters. The second-order valence-electron chi connectivity index (χ2n) is 7.75. The van der Waals surface area contributed by atoms with Crippen molar-refractivity contribution in [2.75, 3.05) is 36.0 Å². The number of carbonyl (C=O) groups is 3. The van der Waals surface area contributed by atoms with Gasteiger partial charge in [0, 0.05) is 54.8 Å². The number of hydrogen-bond donors (Lipinski definition) is 0. The first-order valence-corrected chi connectivity index (χ1v) is 11.3. The van der Waals surface area contributed by atoms with Gasteiger partial charge in [-0.1, -0.05) is 12.1 Å². The number of rotatable bonds is 4. The lowest BCUT2D eigenvalue weighted by atomic mass is 9.98. The largest absolute Gasteiger partial charge is 0.341 e. The summed E-state index contributed by atoms with van der Waals surface area (Å²) in [5.74, 6) is 1.09. The van der Waals surface area contributed by atoms with Gasteiger partial charge in [-0.05, 0) is 31.9 Å². The van der Waals surface area contributed by atoms with E-state index in [4.69, 9.17) is 0 Å². The Bertz CT molecular complexity index is 848. The third-order valence-electron chi connectivity index (χ3n) is 6.05. The Morgan fingerprint density at radius 1 is 1.18 bits per heavy atom. The summed E-state index contributed by atoms with van der Waals surface area (Å²) in [6.07, 6.45) is 1.91. The Morgan fingerprint density at radius 3 is 2.64 bits per heavy atom. The first kappa shape index (κ1) is 19.1. The number of nitrogens with zero attached hydrogens (tertiary/aromatic N) is 3. The van der Waals surface area contributed by atoms with Crippen molar-refractivity contribution in [3.05, 3.63) is 29.8 Å². The van der Waals surface area contributed by atoms with Gasteiger partial charge in [-0.25, -0.2) is 0 Å². The van der Waals surface area contributed by atoms with E-state index in [1.807, 2.05) is 25.1 Å². The fraction of sp³-hybridized carbons (Fsp3) is 0.550. The van der Waals surface area contributed by atoms with Crippen molar-refractivity contribution in [2.24, 2.45) is 0 Å². The normalized spacial score (nSPS) is 25.1. The molecular formula is C20H25N3O4S. The minimum atomic E-state index is -0.809. The number of benzene rings is 1. The van der Waals surface area contributed by atoms with Crippen LogP contribution in [0.25, 0.3) is 0 Å². The first-order valence-electron chi connectivity index (χ1n) is 9.78. The average molecular weight is 404 g/mol. The van der Waals surface area contributed by atoms with Gasteiger partial charge in [0.15, 0.2) is 0 Å². The van der Waals surface area contributed by atoms with E-state index in [1.165, 1.54) is 0 Å². The lowest BCUT2D eigenvalue weighted by Gasteiger charge is -2.48. The van der Waals surface area contributed by atoms with E-state index in [2.05, 4.69) is 0 Å². The molecule has 1 aromatic rings. The van der Waals surface area contributed by atoms with Crippen LogP contribution in [0, 0.1) is 0 Å². The fourth-order valence-electron chi connectivity index (χ4n) is 4.48. The maximum Gasteiger partial charge on any atom is 0.257 e. The quantitative estimate of drug-likeness (QED) is 0.761. The second kappa shape index (κ2) is 7.31. The Labute approximate surface area is 167 Å². The van der Waals surface area contributed by atoms with Crippen molar-refractivity contribution in [1.82, 2.24) is 9.80 Å². The molecule has 0 bridgehead atoms. The Morgan fingerprint density at radius 2 is 1.89 bits per heavy atom. The number of hydrogen-bond acceptors (Lipinski definition) is 4. The molecule has 8 heteroatoms. The number of anilines is 1. The molecule has 7 nitrogen and oxygen atoms in total. The summed E-state index contributed by atoms with van der Waals surface area (Å²) in [7, 11) is -0.809. The van der Waals surface area contributed by atoms with Crippen LogP contribution in [0.5, 0.6) is 0 Å². The molecule has 0 spiro atoms. The molecule has 4 rings (SSSR count). The van der Waals surface area contributed by atoms with Gasteiger partial charge < -0.3 is 9.80 Å². The molecule has 3 amide bonds. The van der Waals surface area contributed by atoms with Gasteiger partial charge in [-0.15, -0.1) is 0 Å². The molecule has 0 radical (unpaired) electrons. The van der Waals surface area contributed by atoms with Gasteiger partial charge in [-0.2, -0.15) is 0 Å². The van der Waals surface area contributed by atoms with Crippen LogP contribution in [0.3, 0.4) is 0 Å². The lowest BCUT2D eigenvalue weighted by molar-refractivity contribution is -0.131. The summed E-state index contributed by atoms with van der Waals surface area (Å²) in [5, 5.41) is 0. The zero-order valence-corrected chi connectivity index (χ0v) is 16.9. The smallest absolute Gasteiger partial charge is 0.257 e. The predicted molar refractivity (Wildman–Crippen MR) is 106 cm³/mol. The molecule has 0 aliphatic carbocycles. The summed E-state index contributed by atoms with van der Waals surface area (Å²) in [6.45, 7) is 3.45. The second-order valence-corrected chi connectivity index (χ2v) is 9.45. The molecule has 3 aliphatic heterocycles. The minimum Gasteiger partial charge on any atom is -0.341 e. The molecule has 3 heterocycles. The molecule has 150 valence electrons. The van der Waals surface area contributed by atoms with Gasteiger partial charge >= 0.3 is 0 Å². The molecule has 0 saturated carbocycles. The highest BCUT2D eigenvalue weighted by atomic mass is 32.2. The fourth-order valence-corrected chi connectivity index (χ4v) is 5.53. The molecule has 1 aromatic carbocycles. The molecular weight excluding hydrogens is 378 g/mol. The monoisotopic (exact) mass is 403 g/mol. The van der Waals surface area contributed by atoms with Crippen LogP contribution in [-0.2, 0) is 20.4 Å². The number of carbonyl (C=O) groups excluding carboxylic acids is 3. The van der Waals surface area contributed by atoms with Crippen molar-refractivity contribution in [1.29, 1.82) is 0 Å². The highest BCUT2D eigenvalue weighted by Gasteiger charge is 2.52. The molecule has 2 saturated heterocycles. The summed E-state index contributed by atoms with van der Waals surface area (Å²) in [4.78, 5) is 43.4.